The lowest BCUT2D eigenvalue weighted by molar-refractivity contribution is -0.130. The van der Waals surface area contributed by atoms with Crippen molar-refractivity contribution in [3.05, 3.63) is 46.2 Å². The zero-order valence-corrected chi connectivity index (χ0v) is 17.0. The van der Waals surface area contributed by atoms with Gasteiger partial charge in [-0.2, -0.15) is 0 Å². The molecule has 0 saturated heterocycles. The fraction of sp³-hybridized carbons (Fsp3) is 0.294. The molecule has 1 amide bonds. The molecule has 1 aliphatic heterocycles. The summed E-state index contributed by atoms with van der Waals surface area (Å²) in [4.78, 5) is 19.7. The van der Waals surface area contributed by atoms with Gasteiger partial charge in [-0.15, -0.1) is 35.3 Å². The van der Waals surface area contributed by atoms with E-state index in [0.717, 1.165) is 24.4 Å². The fourth-order valence-electron chi connectivity index (χ4n) is 2.60. The molecule has 2 aromatic rings. The Bertz CT molecular complexity index is 763. The number of ether oxygens (including phenoxy) is 1. The summed E-state index contributed by atoms with van der Waals surface area (Å²) in [6.45, 7) is 1.45. The van der Waals surface area contributed by atoms with Crippen LogP contribution in [0.3, 0.4) is 0 Å². The molecule has 1 aromatic heterocycles. The van der Waals surface area contributed by atoms with Crippen LogP contribution in [0.1, 0.15) is 10.4 Å². The molecule has 0 bridgehead atoms. The molecule has 1 aromatic carbocycles. The van der Waals surface area contributed by atoms with E-state index in [1.54, 1.807) is 18.4 Å². The SMILES string of the molecule is COc1cccc(NC(N)=NCC(=O)N2CCc3sccc3C2)c1.I. The van der Waals surface area contributed by atoms with E-state index < -0.39 is 0 Å². The van der Waals surface area contributed by atoms with Crippen LogP contribution >= 0.6 is 35.3 Å². The minimum absolute atomic E-state index is 0. The number of carbonyl (C=O) groups is 1. The van der Waals surface area contributed by atoms with Gasteiger partial charge < -0.3 is 20.7 Å². The van der Waals surface area contributed by atoms with E-state index >= 15 is 0 Å². The summed E-state index contributed by atoms with van der Waals surface area (Å²) in [5, 5.41) is 5.04. The second-order valence-electron chi connectivity index (χ2n) is 5.49. The topological polar surface area (TPSA) is 80.0 Å². The Morgan fingerprint density at radius 3 is 3.08 bits per heavy atom. The number of aliphatic imine (C=N–C) groups is 1. The van der Waals surface area contributed by atoms with E-state index in [2.05, 4.69) is 21.8 Å². The van der Waals surface area contributed by atoms with E-state index in [-0.39, 0.29) is 42.4 Å². The molecule has 0 atom stereocenters. The van der Waals surface area contributed by atoms with E-state index in [1.807, 2.05) is 29.2 Å². The van der Waals surface area contributed by atoms with Crippen molar-refractivity contribution in [3.63, 3.8) is 0 Å². The maximum atomic E-state index is 12.3. The number of fused-ring (bicyclic) bond motifs is 1. The number of nitrogens with one attached hydrogen (secondary N) is 1. The van der Waals surface area contributed by atoms with Crippen molar-refractivity contribution in [1.82, 2.24) is 4.90 Å². The number of carbonyl (C=O) groups excluding carboxylic acids is 1. The minimum atomic E-state index is -0.0118. The van der Waals surface area contributed by atoms with Gasteiger partial charge in [0, 0.05) is 29.7 Å². The molecule has 0 aliphatic carbocycles. The first kappa shape index (κ1) is 19.5. The van der Waals surface area contributed by atoms with Gasteiger partial charge >= 0.3 is 0 Å². The number of halogens is 1. The summed E-state index contributed by atoms with van der Waals surface area (Å²) in [6, 6.07) is 9.45. The number of benzene rings is 1. The zero-order chi connectivity index (χ0) is 16.9. The Morgan fingerprint density at radius 1 is 1.44 bits per heavy atom. The average molecular weight is 472 g/mol. The molecular weight excluding hydrogens is 451 g/mol. The second kappa shape index (κ2) is 9.04. The maximum absolute atomic E-state index is 12.3. The Hall–Kier alpha value is -1.81. The number of thiophene rings is 1. The molecule has 6 nitrogen and oxygen atoms in total. The molecule has 0 saturated carbocycles. The molecule has 134 valence electrons. The molecule has 0 fully saturated rings. The minimum Gasteiger partial charge on any atom is -0.497 e. The van der Waals surface area contributed by atoms with Gasteiger partial charge in [-0.1, -0.05) is 6.07 Å². The van der Waals surface area contributed by atoms with Crippen LogP contribution in [0, 0.1) is 0 Å². The van der Waals surface area contributed by atoms with Crippen LogP contribution in [0.25, 0.3) is 0 Å². The van der Waals surface area contributed by atoms with Gasteiger partial charge in [0.1, 0.15) is 12.3 Å². The molecule has 0 spiro atoms. The predicted molar refractivity (Wildman–Crippen MR) is 112 cm³/mol. The van der Waals surface area contributed by atoms with Gasteiger partial charge in [0.15, 0.2) is 5.96 Å². The number of nitrogens with zero attached hydrogens (tertiary/aromatic N) is 2. The molecule has 3 N–H and O–H groups in total. The van der Waals surface area contributed by atoms with Gasteiger partial charge in [-0.3, -0.25) is 4.79 Å². The number of hydrogen-bond donors (Lipinski definition) is 2. The number of nitrogens with two attached hydrogens (primary N) is 1. The average Bonchev–Trinajstić information content (AvgIpc) is 3.07. The van der Waals surface area contributed by atoms with Crippen molar-refractivity contribution in [1.29, 1.82) is 0 Å². The predicted octanol–water partition coefficient (Wildman–Crippen LogP) is 2.69. The number of hydrogen-bond acceptors (Lipinski definition) is 4. The highest BCUT2D eigenvalue weighted by Crippen LogP contribution is 2.24. The molecule has 25 heavy (non-hydrogen) atoms. The van der Waals surface area contributed by atoms with E-state index in [1.165, 1.54) is 10.4 Å². The van der Waals surface area contributed by atoms with Gasteiger partial charge in [-0.25, -0.2) is 4.99 Å². The molecular formula is C17H21IN4O2S. The quantitative estimate of drug-likeness (QED) is 0.408. The van der Waals surface area contributed by atoms with Crippen molar-refractivity contribution in [2.24, 2.45) is 10.7 Å². The highest BCUT2D eigenvalue weighted by Gasteiger charge is 2.20. The zero-order valence-electron chi connectivity index (χ0n) is 13.9. The lowest BCUT2D eigenvalue weighted by Crippen LogP contribution is -2.37. The van der Waals surface area contributed by atoms with E-state index in [4.69, 9.17) is 10.5 Å². The van der Waals surface area contributed by atoms with Gasteiger partial charge in [0.2, 0.25) is 5.91 Å². The number of methoxy groups -OCH3 is 1. The maximum Gasteiger partial charge on any atom is 0.244 e. The summed E-state index contributed by atoms with van der Waals surface area (Å²) in [5.74, 6) is 0.927. The Labute approximate surface area is 168 Å². The van der Waals surface area contributed by atoms with Crippen molar-refractivity contribution in [3.8, 4) is 5.75 Å². The fourth-order valence-corrected chi connectivity index (χ4v) is 3.49. The lowest BCUT2D eigenvalue weighted by Gasteiger charge is -2.26. The standard InChI is InChI=1S/C17H20N4O2S.HI/c1-23-14-4-2-3-13(9-14)20-17(18)19-10-16(22)21-7-5-15-12(11-21)6-8-24-15;/h2-4,6,8-9H,5,7,10-11H2,1H3,(H3,18,19,20);1H. The molecule has 2 heterocycles. The largest absolute Gasteiger partial charge is 0.497 e. The van der Waals surface area contributed by atoms with E-state index in [0.29, 0.717) is 6.54 Å². The summed E-state index contributed by atoms with van der Waals surface area (Å²) < 4.78 is 5.16. The third-order valence-corrected chi connectivity index (χ3v) is 4.91. The Morgan fingerprint density at radius 2 is 2.28 bits per heavy atom. The smallest absolute Gasteiger partial charge is 0.244 e. The van der Waals surface area contributed by atoms with Crippen LogP contribution in [-0.2, 0) is 17.8 Å². The van der Waals surface area contributed by atoms with Crippen LogP contribution in [0.2, 0.25) is 0 Å². The van der Waals surface area contributed by atoms with Gasteiger partial charge in [0.05, 0.1) is 7.11 Å². The lowest BCUT2D eigenvalue weighted by atomic mass is 10.1. The third-order valence-electron chi connectivity index (χ3n) is 3.89. The second-order valence-corrected chi connectivity index (χ2v) is 6.49. The number of rotatable bonds is 4. The van der Waals surface area contributed by atoms with Crippen LogP contribution in [0.5, 0.6) is 5.75 Å². The highest BCUT2D eigenvalue weighted by molar-refractivity contribution is 14.0. The van der Waals surface area contributed by atoms with Crippen LogP contribution < -0.4 is 15.8 Å². The summed E-state index contributed by atoms with van der Waals surface area (Å²) in [7, 11) is 1.60. The van der Waals surface area contributed by atoms with Gasteiger partial charge in [0.25, 0.3) is 0 Å². The monoisotopic (exact) mass is 472 g/mol. The van der Waals surface area contributed by atoms with Crippen LogP contribution in [0.4, 0.5) is 5.69 Å². The highest BCUT2D eigenvalue weighted by atomic mass is 127. The first-order valence-corrected chi connectivity index (χ1v) is 8.57. The third kappa shape index (κ3) is 5.08. The normalized spacial score (nSPS) is 13.6. The van der Waals surface area contributed by atoms with Crippen molar-refractivity contribution in [2.75, 3.05) is 25.5 Å². The van der Waals surface area contributed by atoms with Crippen molar-refractivity contribution in [2.45, 2.75) is 13.0 Å². The van der Waals surface area contributed by atoms with Crippen molar-refractivity contribution >= 4 is 52.9 Å². The van der Waals surface area contributed by atoms with Crippen molar-refractivity contribution < 1.29 is 9.53 Å². The molecule has 8 heteroatoms. The number of guanidine groups is 1. The molecule has 0 unspecified atom stereocenters. The molecule has 0 radical (unpaired) electrons. The molecule has 1 aliphatic rings. The van der Waals surface area contributed by atoms with E-state index in [9.17, 15) is 4.79 Å². The summed E-state index contributed by atoms with van der Waals surface area (Å²) >= 11 is 1.76. The molecule has 3 rings (SSSR count). The summed E-state index contributed by atoms with van der Waals surface area (Å²) in [6.07, 6.45) is 0.917. The Kier molecular flexibility index (Phi) is 7.06. The first-order valence-electron chi connectivity index (χ1n) is 7.69. The Balaban J connectivity index is 0.00000225. The number of amides is 1. The number of anilines is 1. The summed E-state index contributed by atoms with van der Waals surface area (Å²) in [5.41, 5.74) is 7.87. The van der Waals surface area contributed by atoms with Crippen LogP contribution in [0.15, 0.2) is 40.7 Å². The van der Waals surface area contributed by atoms with Gasteiger partial charge in [-0.05, 0) is 35.6 Å². The van der Waals surface area contributed by atoms with Crippen LogP contribution in [-0.4, -0.2) is 37.0 Å². The first-order chi connectivity index (χ1) is 11.7.